The number of ether oxygens (including phenoxy) is 3. The average molecular weight is 562 g/mol. The number of sulfonamides is 1. The average Bonchev–Trinajstić information content (AvgIpc) is 3.36. The lowest BCUT2D eigenvalue weighted by atomic mass is 10.0. The molecule has 0 radical (unpaired) electrons. The number of anilines is 1. The van der Waals surface area contributed by atoms with Crippen LogP contribution < -0.4 is 11.1 Å². The first-order chi connectivity index (χ1) is 23.5. The zero-order valence-electron chi connectivity index (χ0n) is 34.0. The number of hydrogen-bond donors (Lipinski definition) is 3. The largest absolute Gasteiger partial charge is 0.443 e. The molecule has 2 aliphatic rings. The smallest absolute Gasteiger partial charge is 0.407 e. The van der Waals surface area contributed by atoms with Gasteiger partial charge in [-0.05, 0) is 48.5 Å². The lowest BCUT2D eigenvalue weighted by Gasteiger charge is -2.31. The number of amides is 1. The molecule has 0 bridgehead atoms. The van der Waals surface area contributed by atoms with E-state index in [1.807, 2.05) is 0 Å². The van der Waals surface area contributed by atoms with Crippen LogP contribution in [0, 0.1) is 11.8 Å². The van der Waals surface area contributed by atoms with Gasteiger partial charge >= 0.3 is 6.09 Å². The van der Waals surface area contributed by atoms with Crippen LogP contribution in [-0.2, 0) is 30.7 Å². The van der Waals surface area contributed by atoms with E-state index >= 15 is 0 Å². The number of nitrogen functional groups attached to an aromatic ring is 1. The number of rotatable bonds is 11. The number of nitrogens with two attached hydrogens (primary N) is 1. The van der Waals surface area contributed by atoms with Crippen molar-refractivity contribution in [2.24, 2.45) is 11.8 Å². The molecule has 0 unspecified atom stereocenters. The molecule has 4 N–H and O–H groups in total. The predicted octanol–water partition coefficient (Wildman–Crippen LogP) is 2.38. The minimum Gasteiger partial charge on any atom is -0.443 e. The highest BCUT2D eigenvalue weighted by Crippen LogP contribution is 2.33. The summed E-state index contributed by atoms with van der Waals surface area (Å²) in [6, 6.07) is 10.1. The van der Waals surface area contributed by atoms with E-state index in [0.29, 0.717) is 5.56 Å². The molecule has 2 saturated heterocycles. The van der Waals surface area contributed by atoms with Crippen molar-refractivity contribution in [1.82, 2.24) is 9.62 Å². The van der Waals surface area contributed by atoms with Gasteiger partial charge in [0.25, 0.3) is 0 Å². The number of hydrogen-bond acceptors (Lipinski definition) is 8. The zero-order valence-corrected chi connectivity index (χ0v) is 20.8. The number of fused-ring (bicyclic) bond motifs is 1. The number of nitrogens with zero attached hydrogens (tertiary/aromatic N) is 1. The molecule has 0 aliphatic carbocycles. The van der Waals surface area contributed by atoms with Gasteiger partial charge in [0.15, 0.2) is 6.29 Å². The first-order valence-corrected chi connectivity index (χ1v) is 12.8. The lowest BCUT2D eigenvalue weighted by molar-refractivity contribution is -0.0907. The highest BCUT2D eigenvalue weighted by Gasteiger charge is 2.44. The summed E-state index contributed by atoms with van der Waals surface area (Å²) >= 11 is 0. The van der Waals surface area contributed by atoms with Crippen molar-refractivity contribution >= 4 is 21.8 Å². The number of alkyl carbamates (subject to hydrolysis) is 1. The normalized spacial score (nSPS) is 34.2. The first kappa shape index (κ1) is 15.2. The summed E-state index contributed by atoms with van der Waals surface area (Å²) in [4.78, 5) is 12.7. The zero-order chi connectivity index (χ0) is 39.5. The van der Waals surface area contributed by atoms with Gasteiger partial charge in [0.1, 0.15) is 6.10 Å². The second-order valence-corrected chi connectivity index (χ2v) is 10.3. The van der Waals surface area contributed by atoms with Crippen LogP contribution in [0.4, 0.5) is 10.5 Å². The highest BCUT2D eigenvalue weighted by atomic mass is 32.2. The van der Waals surface area contributed by atoms with Crippen LogP contribution in [0.3, 0.4) is 0 Å². The summed E-state index contributed by atoms with van der Waals surface area (Å²) < 4.78 is 158. The van der Waals surface area contributed by atoms with Gasteiger partial charge in [-0.25, -0.2) is 13.2 Å². The number of nitrogens with one attached hydrogen (secondary N) is 1. The number of aliphatic hydroxyl groups excluding tert-OH is 1. The minimum absolute atomic E-state index is 0.0639. The van der Waals surface area contributed by atoms with Gasteiger partial charge in [-0.1, -0.05) is 44.0 Å². The van der Waals surface area contributed by atoms with Crippen LogP contribution in [0.25, 0.3) is 0 Å². The van der Waals surface area contributed by atoms with Gasteiger partial charge in [-0.15, -0.1) is 0 Å². The Bertz CT molecular complexity index is 1700. The molecule has 2 heterocycles. The number of aliphatic hydroxyl groups is 1. The molecule has 0 spiro atoms. The molecule has 10 nitrogen and oxygen atoms in total. The molecular weight excluding hydrogens is 510 g/mol. The van der Waals surface area contributed by atoms with Gasteiger partial charge in [-0.2, -0.15) is 4.31 Å². The minimum atomic E-state index is -5.34. The quantitative estimate of drug-likeness (QED) is 0.355. The molecule has 208 valence electrons. The Labute approximate surface area is 243 Å². The molecule has 11 heteroatoms. The molecular formula is C27H37N3O7S. The fourth-order valence-electron chi connectivity index (χ4n) is 3.80. The Hall–Kier alpha value is -2.70. The molecule has 2 aromatic carbocycles. The van der Waals surface area contributed by atoms with Crippen LogP contribution in [0.15, 0.2) is 59.5 Å². The van der Waals surface area contributed by atoms with Crippen LogP contribution in [-0.4, -0.2) is 74.7 Å². The van der Waals surface area contributed by atoms with E-state index in [1.165, 1.54) is 12.1 Å². The van der Waals surface area contributed by atoms with Crippen molar-refractivity contribution in [2.75, 3.05) is 31.9 Å². The number of carbonyl (C=O) groups excluding carboxylic acids is 1. The van der Waals surface area contributed by atoms with E-state index in [1.54, 1.807) is 18.2 Å². The second-order valence-electron chi connectivity index (χ2n) is 8.40. The number of carbonyl (C=O) groups is 1. The summed E-state index contributed by atoms with van der Waals surface area (Å²) in [5.41, 5.74) is 6.10. The molecule has 2 fully saturated rings. The summed E-state index contributed by atoms with van der Waals surface area (Å²) in [6.07, 6.45) is -10.8. The third-order valence-corrected chi connectivity index (χ3v) is 7.37. The Morgan fingerprint density at radius 1 is 1.32 bits per heavy atom. The maximum absolute atomic E-state index is 14.1. The SMILES string of the molecule is [2H]C1([2H])O[C@H]2OCC([2H])([2H])[C@@]2([2H])[C@H]1OC(=O)N[C@@H](Cc1ccccc1)[C@H](O)CN(C([2H])([2H])C([2H])(C([2H])([2H])[2H])C([2H])([2H])[2H])S(=O)(=O)c1ccc(N)cc1. The van der Waals surface area contributed by atoms with E-state index in [-0.39, 0.29) is 16.4 Å². The summed E-state index contributed by atoms with van der Waals surface area (Å²) in [5, 5.41) is 13.8. The van der Waals surface area contributed by atoms with E-state index in [9.17, 15) is 18.3 Å². The highest BCUT2D eigenvalue weighted by molar-refractivity contribution is 7.89. The molecule has 0 aromatic heterocycles. The number of benzene rings is 2. The Morgan fingerprint density at radius 3 is 2.76 bits per heavy atom. The Kier molecular flexibility index (Phi) is 4.97. The van der Waals surface area contributed by atoms with Crippen molar-refractivity contribution in [1.29, 1.82) is 0 Å². The molecule has 38 heavy (non-hydrogen) atoms. The monoisotopic (exact) mass is 561 g/mol. The molecule has 5 atom stereocenters. The molecule has 1 amide bonds. The van der Waals surface area contributed by atoms with E-state index in [2.05, 4.69) is 5.32 Å². The predicted molar refractivity (Wildman–Crippen MR) is 142 cm³/mol. The van der Waals surface area contributed by atoms with Crippen LogP contribution >= 0.6 is 0 Å². The van der Waals surface area contributed by atoms with Crippen molar-refractivity contribution in [2.45, 2.75) is 55.9 Å². The lowest BCUT2D eigenvalue weighted by Crippen LogP contribution is -2.51. The van der Waals surface area contributed by atoms with Gasteiger partial charge < -0.3 is 30.4 Å². The Morgan fingerprint density at radius 2 is 2.05 bits per heavy atom. The van der Waals surface area contributed by atoms with Gasteiger partial charge in [0, 0.05) is 35.2 Å². The van der Waals surface area contributed by atoms with Gasteiger partial charge in [-0.3, -0.25) is 0 Å². The van der Waals surface area contributed by atoms with Crippen molar-refractivity contribution in [3.05, 3.63) is 60.2 Å². The van der Waals surface area contributed by atoms with Gasteiger partial charge in [0.05, 0.1) is 38.8 Å². The first-order valence-electron chi connectivity index (χ1n) is 18.4. The van der Waals surface area contributed by atoms with Crippen molar-refractivity contribution < 1.29 is 51.7 Å². The standard InChI is InChI=1S/C27H37N3O7S/c1-18(2)15-30(38(33,34)21-10-8-20(28)9-11-21)16-24(31)23(14-19-6-4-3-5-7-19)29-27(32)37-25-17-36-26-22(25)12-13-35-26/h3-11,18,22-26,31H,12-17,28H2,1-2H3,(H,29,32)/t22-,23-,24+,25-,26+/m0/s1/i1D3,2D3,12D2,15D2,17D2,18D,22D. The molecule has 2 aromatic rings. The van der Waals surface area contributed by atoms with Gasteiger partial charge in [0.2, 0.25) is 10.0 Å². The maximum atomic E-state index is 14.1. The topological polar surface area (TPSA) is 140 Å². The Balaban J connectivity index is 1.78. The summed E-state index contributed by atoms with van der Waals surface area (Å²) in [5.74, 6) is -6.77. The maximum Gasteiger partial charge on any atom is 0.407 e. The van der Waals surface area contributed by atoms with E-state index < -0.39 is 104 Å². The third kappa shape index (κ3) is 7.03. The van der Waals surface area contributed by atoms with Crippen LogP contribution in [0.5, 0.6) is 0 Å². The fourth-order valence-corrected chi connectivity index (χ4v) is 5.09. The van der Waals surface area contributed by atoms with Crippen molar-refractivity contribution in [3.63, 3.8) is 0 Å². The van der Waals surface area contributed by atoms with Crippen LogP contribution in [0.1, 0.15) is 44.8 Å². The van der Waals surface area contributed by atoms with Crippen molar-refractivity contribution in [3.8, 4) is 0 Å². The molecule has 0 saturated carbocycles. The fraction of sp³-hybridized carbons (Fsp3) is 0.519. The van der Waals surface area contributed by atoms with E-state index in [0.717, 1.165) is 24.3 Å². The molecule has 2 aliphatic heterocycles. The van der Waals surface area contributed by atoms with Crippen LogP contribution in [0.2, 0.25) is 0 Å². The summed E-state index contributed by atoms with van der Waals surface area (Å²) in [6.45, 7) is -17.2. The summed E-state index contributed by atoms with van der Waals surface area (Å²) in [7, 11) is -5.34. The van der Waals surface area contributed by atoms with E-state index in [4.69, 9.17) is 39.1 Å². The second kappa shape index (κ2) is 12.4. The molecule has 4 rings (SSSR count). The third-order valence-electron chi connectivity index (χ3n) is 5.68.